The second-order valence-corrected chi connectivity index (χ2v) is 5.65. The molecule has 0 unspecified atom stereocenters. The summed E-state index contributed by atoms with van der Waals surface area (Å²) in [6.45, 7) is 1.49. The summed E-state index contributed by atoms with van der Waals surface area (Å²) in [6.07, 6.45) is 4.72. The van der Waals surface area contributed by atoms with Crippen molar-refractivity contribution in [2.45, 2.75) is 25.7 Å². The molecule has 1 saturated heterocycles. The van der Waals surface area contributed by atoms with Crippen LogP contribution >= 0.6 is 0 Å². The van der Waals surface area contributed by atoms with Gasteiger partial charge < -0.3 is 10.0 Å². The molecule has 1 spiro atoms. The van der Waals surface area contributed by atoms with Crippen molar-refractivity contribution in [1.29, 1.82) is 0 Å². The molecule has 102 valence electrons. The fraction of sp³-hybridized carbons (Fsp3) is 0.500. The molecule has 19 heavy (non-hydrogen) atoms. The zero-order valence-corrected chi connectivity index (χ0v) is 10.5. The number of anilines is 1. The molecule has 2 fully saturated rings. The number of nitrogens with zero attached hydrogens (tertiary/aromatic N) is 1. The average molecular weight is 267 g/mol. The van der Waals surface area contributed by atoms with Crippen LogP contribution in [-0.2, 0) is 0 Å². The van der Waals surface area contributed by atoms with Crippen molar-refractivity contribution in [3.8, 4) is 0 Å². The maximum atomic E-state index is 13.8. The molecule has 0 atom stereocenters. The van der Waals surface area contributed by atoms with Crippen LogP contribution in [0.25, 0.3) is 0 Å². The molecule has 1 aromatic rings. The summed E-state index contributed by atoms with van der Waals surface area (Å²) in [4.78, 5) is 12.7. The molecule has 1 aliphatic heterocycles. The molecule has 1 heterocycles. The highest BCUT2D eigenvalue weighted by molar-refractivity contribution is 5.89. The van der Waals surface area contributed by atoms with Gasteiger partial charge in [0, 0.05) is 24.6 Å². The maximum absolute atomic E-state index is 13.8. The van der Waals surface area contributed by atoms with Gasteiger partial charge in [-0.1, -0.05) is 12.8 Å². The standard InChI is InChI=1S/C14H15F2NO2/c15-10-6-11(16)12(5-9(10)13(18)19)17-7-14(8-17)3-1-2-4-14/h5-6H,1-4,7-8H2,(H,18,19). The average Bonchev–Trinajstić information content (AvgIpc) is 2.76. The van der Waals surface area contributed by atoms with E-state index in [-0.39, 0.29) is 11.1 Å². The van der Waals surface area contributed by atoms with E-state index in [1.807, 2.05) is 4.90 Å². The summed E-state index contributed by atoms with van der Waals surface area (Å²) in [5.41, 5.74) is 0.0182. The Balaban J connectivity index is 1.86. The van der Waals surface area contributed by atoms with Crippen LogP contribution in [0.4, 0.5) is 14.5 Å². The Morgan fingerprint density at radius 2 is 1.79 bits per heavy atom. The molecule has 1 N–H and O–H groups in total. The van der Waals surface area contributed by atoms with Crippen molar-refractivity contribution in [3.05, 3.63) is 29.3 Å². The molecule has 3 nitrogen and oxygen atoms in total. The molecule has 0 radical (unpaired) electrons. The summed E-state index contributed by atoms with van der Waals surface area (Å²) in [5.74, 6) is -3.07. The predicted molar refractivity (Wildman–Crippen MR) is 66.4 cm³/mol. The topological polar surface area (TPSA) is 40.5 Å². The lowest BCUT2D eigenvalue weighted by Crippen LogP contribution is -2.55. The number of benzene rings is 1. The van der Waals surface area contributed by atoms with Crippen LogP contribution in [0.3, 0.4) is 0 Å². The fourth-order valence-electron chi connectivity index (χ4n) is 3.32. The largest absolute Gasteiger partial charge is 0.478 e. The van der Waals surface area contributed by atoms with E-state index in [0.29, 0.717) is 6.07 Å². The molecule has 0 aromatic heterocycles. The highest BCUT2D eigenvalue weighted by atomic mass is 19.1. The summed E-state index contributed by atoms with van der Waals surface area (Å²) >= 11 is 0. The molecule has 1 aliphatic carbocycles. The van der Waals surface area contributed by atoms with E-state index in [2.05, 4.69) is 0 Å². The van der Waals surface area contributed by atoms with Crippen molar-refractivity contribution in [3.63, 3.8) is 0 Å². The van der Waals surface area contributed by atoms with Gasteiger partial charge in [0.25, 0.3) is 0 Å². The number of hydrogen-bond acceptors (Lipinski definition) is 2. The first kappa shape index (κ1) is 12.4. The number of hydrogen-bond donors (Lipinski definition) is 1. The van der Waals surface area contributed by atoms with E-state index in [4.69, 9.17) is 5.11 Å². The van der Waals surface area contributed by atoms with Gasteiger partial charge in [-0.3, -0.25) is 0 Å². The summed E-state index contributed by atoms with van der Waals surface area (Å²) in [5, 5.41) is 8.88. The SMILES string of the molecule is O=C(O)c1cc(N2CC3(CCCC3)C2)c(F)cc1F. The Labute approximate surface area is 109 Å². The van der Waals surface area contributed by atoms with Gasteiger partial charge in [-0.25, -0.2) is 13.6 Å². The van der Waals surface area contributed by atoms with E-state index >= 15 is 0 Å². The highest BCUT2D eigenvalue weighted by Gasteiger charge is 2.45. The van der Waals surface area contributed by atoms with Crippen LogP contribution < -0.4 is 4.90 Å². The number of carboxylic acids is 1. The molecule has 0 bridgehead atoms. The number of carboxylic acid groups (broad SMARTS) is 1. The summed E-state index contributed by atoms with van der Waals surface area (Å²) in [7, 11) is 0. The van der Waals surface area contributed by atoms with Crippen molar-refractivity contribution in [1.82, 2.24) is 0 Å². The zero-order chi connectivity index (χ0) is 13.6. The molecule has 0 amide bonds. The molecule has 3 rings (SSSR count). The van der Waals surface area contributed by atoms with E-state index in [1.54, 1.807) is 0 Å². The smallest absolute Gasteiger partial charge is 0.338 e. The minimum atomic E-state index is -1.37. The third-order valence-electron chi connectivity index (χ3n) is 4.32. The van der Waals surface area contributed by atoms with E-state index in [0.717, 1.165) is 32.0 Å². The van der Waals surface area contributed by atoms with Gasteiger partial charge in [0.05, 0.1) is 11.3 Å². The Hall–Kier alpha value is -1.65. The first-order chi connectivity index (χ1) is 9.01. The highest BCUT2D eigenvalue weighted by Crippen LogP contribution is 2.47. The fourth-order valence-corrected chi connectivity index (χ4v) is 3.32. The van der Waals surface area contributed by atoms with E-state index in [9.17, 15) is 13.6 Å². The zero-order valence-electron chi connectivity index (χ0n) is 10.5. The van der Waals surface area contributed by atoms with Gasteiger partial charge in [-0.15, -0.1) is 0 Å². The Bertz CT molecular complexity index is 530. The minimum absolute atomic E-state index is 0.205. The monoisotopic (exact) mass is 267 g/mol. The van der Waals surface area contributed by atoms with E-state index < -0.39 is 23.2 Å². The van der Waals surface area contributed by atoms with Crippen LogP contribution in [0.2, 0.25) is 0 Å². The van der Waals surface area contributed by atoms with Crippen LogP contribution in [-0.4, -0.2) is 24.2 Å². The number of halogens is 2. The maximum Gasteiger partial charge on any atom is 0.338 e. The van der Waals surface area contributed by atoms with Crippen LogP contribution in [0.1, 0.15) is 36.0 Å². The lowest BCUT2D eigenvalue weighted by Gasteiger charge is -2.49. The third-order valence-corrected chi connectivity index (χ3v) is 4.32. The van der Waals surface area contributed by atoms with Crippen molar-refractivity contribution in [2.24, 2.45) is 5.41 Å². The van der Waals surface area contributed by atoms with Gasteiger partial charge in [-0.05, 0) is 18.9 Å². The van der Waals surface area contributed by atoms with Crippen molar-refractivity contribution in [2.75, 3.05) is 18.0 Å². The molecule has 5 heteroatoms. The molecule has 1 saturated carbocycles. The van der Waals surface area contributed by atoms with Crippen LogP contribution in [0.5, 0.6) is 0 Å². The first-order valence-corrected chi connectivity index (χ1v) is 6.48. The van der Waals surface area contributed by atoms with Crippen molar-refractivity contribution >= 4 is 11.7 Å². The quantitative estimate of drug-likeness (QED) is 0.895. The second-order valence-electron chi connectivity index (χ2n) is 5.65. The van der Waals surface area contributed by atoms with Gasteiger partial charge in [0.1, 0.15) is 11.6 Å². The van der Waals surface area contributed by atoms with Gasteiger partial charge >= 0.3 is 5.97 Å². The lowest BCUT2D eigenvalue weighted by molar-refractivity contribution is 0.0692. The normalized spacial score (nSPS) is 20.6. The van der Waals surface area contributed by atoms with Crippen LogP contribution in [0.15, 0.2) is 12.1 Å². The van der Waals surface area contributed by atoms with Crippen molar-refractivity contribution < 1.29 is 18.7 Å². The number of rotatable bonds is 2. The Morgan fingerprint density at radius 1 is 1.16 bits per heavy atom. The third kappa shape index (κ3) is 1.97. The van der Waals surface area contributed by atoms with Gasteiger partial charge in [0.15, 0.2) is 0 Å². The molecular formula is C14H15F2NO2. The second kappa shape index (κ2) is 4.18. The number of carbonyl (C=O) groups is 1. The van der Waals surface area contributed by atoms with Crippen LogP contribution in [0, 0.1) is 17.0 Å². The summed E-state index contributed by atoms with van der Waals surface area (Å²) < 4.78 is 27.1. The Kier molecular flexibility index (Phi) is 2.73. The first-order valence-electron chi connectivity index (χ1n) is 6.48. The molecular weight excluding hydrogens is 252 g/mol. The molecule has 1 aromatic carbocycles. The minimum Gasteiger partial charge on any atom is -0.478 e. The number of aromatic carboxylic acids is 1. The van der Waals surface area contributed by atoms with Gasteiger partial charge in [0.2, 0.25) is 0 Å². The predicted octanol–water partition coefficient (Wildman–Crippen LogP) is 3.04. The lowest BCUT2D eigenvalue weighted by atomic mass is 9.78. The molecule has 2 aliphatic rings. The Morgan fingerprint density at radius 3 is 2.37 bits per heavy atom. The van der Waals surface area contributed by atoms with E-state index in [1.165, 1.54) is 12.8 Å². The summed E-state index contributed by atoms with van der Waals surface area (Å²) in [6, 6.07) is 1.77. The van der Waals surface area contributed by atoms with Gasteiger partial charge in [-0.2, -0.15) is 0 Å².